The fourth-order valence-corrected chi connectivity index (χ4v) is 5.50. The SMILES string of the molecule is CCOc1ccc(S(=O)(=O)N2CCN([C@H](C)c3nc4ccccc4n3C(F)F)CC2)cc1. The van der Waals surface area contributed by atoms with Crippen molar-refractivity contribution >= 4 is 21.1 Å². The number of ether oxygens (including phenoxy) is 1. The molecule has 0 radical (unpaired) electrons. The molecule has 2 heterocycles. The number of aromatic nitrogens is 2. The Morgan fingerprint density at radius 1 is 1.03 bits per heavy atom. The van der Waals surface area contributed by atoms with E-state index in [9.17, 15) is 17.2 Å². The molecule has 0 N–H and O–H groups in total. The van der Waals surface area contributed by atoms with Crippen LogP contribution in [-0.4, -0.2) is 60.0 Å². The van der Waals surface area contributed by atoms with Crippen molar-refractivity contribution in [2.24, 2.45) is 0 Å². The van der Waals surface area contributed by atoms with Gasteiger partial charge in [0.2, 0.25) is 10.0 Å². The molecule has 1 saturated heterocycles. The third-order valence-corrected chi connectivity index (χ3v) is 7.70. The van der Waals surface area contributed by atoms with Crippen LogP contribution in [0.25, 0.3) is 11.0 Å². The van der Waals surface area contributed by atoms with Crippen LogP contribution in [-0.2, 0) is 10.0 Å². The zero-order valence-corrected chi connectivity index (χ0v) is 18.8. The second kappa shape index (κ2) is 9.13. The predicted octanol–water partition coefficient (Wildman–Crippen LogP) is 3.90. The van der Waals surface area contributed by atoms with E-state index in [4.69, 9.17) is 4.74 Å². The highest BCUT2D eigenvalue weighted by atomic mass is 32.2. The van der Waals surface area contributed by atoms with Crippen LogP contribution in [0.3, 0.4) is 0 Å². The van der Waals surface area contributed by atoms with Crippen molar-refractivity contribution in [2.45, 2.75) is 31.3 Å². The third kappa shape index (κ3) is 4.22. The van der Waals surface area contributed by atoms with Crippen molar-refractivity contribution in [3.8, 4) is 5.75 Å². The Morgan fingerprint density at radius 3 is 2.31 bits per heavy atom. The highest BCUT2D eigenvalue weighted by molar-refractivity contribution is 7.89. The van der Waals surface area contributed by atoms with Crippen LogP contribution in [0.2, 0.25) is 0 Å². The molecule has 0 unspecified atom stereocenters. The highest BCUT2D eigenvalue weighted by Crippen LogP contribution is 2.30. The van der Waals surface area contributed by atoms with Crippen molar-refractivity contribution < 1.29 is 21.9 Å². The van der Waals surface area contributed by atoms with Gasteiger partial charge in [0.15, 0.2) is 0 Å². The summed E-state index contributed by atoms with van der Waals surface area (Å²) in [6, 6.07) is 12.8. The van der Waals surface area contributed by atoms with E-state index in [1.165, 1.54) is 4.31 Å². The van der Waals surface area contributed by atoms with Gasteiger partial charge in [0.05, 0.1) is 28.6 Å². The molecule has 7 nitrogen and oxygen atoms in total. The Hall–Kier alpha value is -2.56. The minimum atomic E-state index is -3.64. The highest BCUT2D eigenvalue weighted by Gasteiger charge is 2.32. The van der Waals surface area contributed by atoms with Crippen molar-refractivity contribution in [3.63, 3.8) is 0 Å². The molecular formula is C22H26F2N4O3S. The van der Waals surface area contributed by atoms with Gasteiger partial charge in [-0.3, -0.25) is 9.47 Å². The summed E-state index contributed by atoms with van der Waals surface area (Å²) in [6.07, 6.45) is 0. The van der Waals surface area contributed by atoms with Crippen LogP contribution in [0.5, 0.6) is 5.75 Å². The maximum absolute atomic E-state index is 13.8. The summed E-state index contributed by atoms with van der Waals surface area (Å²) in [5.74, 6) is 0.899. The van der Waals surface area contributed by atoms with Crippen molar-refractivity contribution in [3.05, 3.63) is 54.4 Å². The molecule has 32 heavy (non-hydrogen) atoms. The van der Waals surface area contributed by atoms with Gasteiger partial charge in [-0.15, -0.1) is 0 Å². The van der Waals surface area contributed by atoms with E-state index < -0.39 is 16.6 Å². The van der Waals surface area contributed by atoms with Crippen molar-refractivity contribution in [2.75, 3.05) is 32.8 Å². The fraction of sp³-hybridized carbons (Fsp3) is 0.409. The summed E-state index contributed by atoms with van der Waals surface area (Å²) >= 11 is 0. The first kappa shape index (κ1) is 22.6. The number of para-hydroxylation sites is 2. The first-order chi connectivity index (χ1) is 15.3. The van der Waals surface area contributed by atoms with Gasteiger partial charge in [-0.2, -0.15) is 13.1 Å². The topological polar surface area (TPSA) is 67.7 Å². The molecule has 0 bridgehead atoms. The molecule has 10 heteroatoms. The Kier molecular flexibility index (Phi) is 6.45. The molecule has 0 spiro atoms. The van der Waals surface area contributed by atoms with E-state index in [0.717, 1.165) is 4.57 Å². The van der Waals surface area contributed by atoms with Crippen molar-refractivity contribution in [1.82, 2.24) is 18.8 Å². The maximum Gasteiger partial charge on any atom is 0.320 e. The average Bonchev–Trinajstić information content (AvgIpc) is 3.19. The molecule has 3 aromatic rings. The molecule has 1 aliphatic heterocycles. The molecular weight excluding hydrogens is 438 g/mol. The molecule has 1 atom stereocenters. The number of hydrogen-bond acceptors (Lipinski definition) is 5. The number of imidazole rings is 1. The average molecular weight is 465 g/mol. The van der Waals surface area contributed by atoms with E-state index >= 15 is 0 Å². The number of halogens is 2. The monoisotopic (exact) mass is 464 g/mol. The van der Waals surface area contributed by atoms with Gasteiger partial charge in [0.1, 0.15) is 11.6 Å². The molecule has 172 valence electrons. The molecule has 0 saturated carbocycles. The van der Waals surface area contributed by atoms with Gasteiger partial charge < -0.3 is 4.74 Å². The Balaban J connectivity index is 1.49. The number of hydrogen-bond donors (Lipinski definition) is 0. The first-order valence-corrected chi connectivity index (χ1v) is 12.0. The van der Waals surface area contributed by atoms with E-state index in [2.05, 4.69) is 4.98 Å². The summed E-state index contributed by atoms with van der Waals surface area (Å²) in [4.78, 5) is 6.65. The first-order valence-electron chi connectivity index (χ1n) is 10.5. The Labute approximate surface area is 186 Å². The summed E-state index contributed by atoms with van der Waals surface area (Å²) < 4.78 is 61.4. The van der Waals surface area contributed by atoms with Gasteiger partial charge in [0, 0.05) is 26.2 Å². The zero-order chi connectivity index (χ0) is 22.9. The van der Waals surface area contributed by atoms with Crippen LogP contribution in [0.1, 0.15) is 32.3 Å². The van der Waals surface area contributed by atoms with E-state index in [0.29, 0.717) is 36.5 Å². The lowest BCUT2D eigenvalue weighted by atomic mass is 10.2. The van der Waals surface area contributed by atoms with Crippen LogP contribution in [0.4, 0.5) is 8.78 Å². The molecule has 2 aromatic carbocycles. The second-order valence-corrected chi connectivity index (χ2v) is 9.56. The van der Waals surface area contributed by atoms with Gasteiger partial charge >= 0.3 is 6.55 Å². The van der Waals surface area contributed by atoms with Crippen LogP contribution >= 0.6 is 0 Å². The Bertz CT molecular complexity index is 1170. The number of sulfonamides is 1. The molecule has 1 fully saturated rings. The lowest BCUT2D eigenvalue weighted by Crippen LogP contribution is -2.49. The number of benzene rings is 2. The number of piperazine rings is 1. The molecule has 1 aliphatic rings. The lowest BCUT2D eigenvalue weighted by molar-refractivity contribution is 0.0616. The zero-order valence-electron chi connectivity index (χ0n) is 18.0. The van der Waals surface area contributed by atoms with Gasteiger partial charge in [-0.1, -0.05) is 12.1 Å². The lowest BCUT2D eigenvalue weighted by Gasteiger charge is -2.37. The molecule has 1 aromatic heterocycles. The Morgan fingerprint density at radius 2 is 1.69 bits per heavy atom. The largest absolute Gasteiger partial charge is 0.494 e. The number of nitrogens with zero attached hydrogens (tertiary/aromatic N) is 4. The summed E-state index contributed by atoms with van der Waals surface area (Å²) in [7, 11) is -3.64. The maximum atomic E-state index is 13.8. The fourth-order valence-electron chi connectivity index (χ4n) is 4.08. The standard InChI is InChI=1S/C22H26F2N4O3S/c1-3-31-17-8-10-18(11-9-17)32(29,30)27-14-12-26(13-15-27)16(2)21-25-19-6-4-5-7-20(19)28(21)22(23)24/h4-11,16,22H,3,12-15H2,1-2H3/t16-/m1/s1. The van der Waals surface area contributed by atoms with E-state index in [1.807, 2.05) is 18.7 Å². The minimum Gasteiger partial charge on any atom is -0.494 e. The summed E-state index contributed by atoms with van der Waals surface area (Å²) in [5, 5.41) is 0. The number of alkyl halides is 2. The molecule has 0 amide bonds. The number of fused-ring (bicyclic) bond motifs is 1. The van der Waals surface area contributed by atoms with Gasteiger partial charge in [-0.05, 0) is 50.2 Å². The van der Waals surface area contributed by atoms with E-state index in [1.54, 1.807) is 48.5 Å². The smallest absolute Gasteiger partial charge is 0.320 e. The van der Waals surface area contributed by atoms with Crippen LogP contribution in [0, 0.1) is 0 Å². The molecule has 0 aliphatic carbocycles. The summed E-state index contributed by atoms with van der Waals surface area (Å²) in [5.41, 5.74) is 0.910. The van der Waals surface area contributed by atoms with Crippen LogP contribution < -0.4 is 4.74 Å². The molecule has 4 rings (SSSR count). The predicted molar refractivity (Wildman–Crippen MR) is 117 cm³/mol. The quantitative estimate of drug-likeness (QED) is 0.531. The number of rotatable bonds is 7. The second-order valence-electron chi connectivity index (χ2n) is 7.63. The minimum absolute atomic E-state index is 0.210. The van der Waals surface area contributed by atoms with Gasteiger partial charge in [0.25, 0.3) is 0 Å². The van der Waals surface area contributed by atoms with Crippen LogP contribution in [0.15, 0.2) is 53.4 Å². The summed E-state index contributed by atoms with van der Waals surface area (Å²) in [6.45, 7) is 2.88. The van der Waals surface area contributed by atoms with Gasteiger partial charge in [-0.25, -0.2) is 13.4 Å². The van der Waals surface area contributed by atoms with E-state index in [-0.39, 0.29) is 29.9 Å². The normalized spacial score (nSPS) is 17.2. The third-order valence-electron chi connectivity index (χ3n) is 5.79. The van der Waals surface area contributed by atoms with Crippen molar-refractivity contribution in [1.29, 1.82) is 0 Å².